The third kappa shape index (κ3) is 2.72. The third-order valence-electron chi connectivity index (χ3n) is 6.38. The van der Waals surface area contributed by atoms with Gasteiger partial charge in [-0.15, -0.1) is 11.3 Å². The number of thiophene rings is 1. The first-order valence-electron chi connectivity index (χ1n) is 10.8. The van der Waals surface area contributed by atoms with Gasteiger partial charge in [0.25, 0.3) is 0 Å². The van der Waals surface area contributed by atoms with Crippen LogP contribution in [0.5, 0.6) is 0 Å². The molecule has 0 atom stereocenters. The monoisotopic (exact) mass is 460 g/mol. The molecule has 6 heteroatoms. The van der Waals surface area contributed by atoms with Crippen molar-refractivity contribution in [2.75, 3.05) is 0 Å². The second kappa shape index (κ2) is 6.42. The molecule has 0 saturated carbocycles. The van der Waals surface area contributed by atoms with Gasteiger partial charge in [-0.25, -0.2) is 9.97 Å². The summed E-state index contributed by atoms with van der Waals surface area (Å²) in [5.74, 6) is 0. The molecule has 3 aromatic carbocycles. The molecule has 3 heterocycles. The smallest absolute Gasteiger partial charge is 0.259 e. The lowest BCUT2D eigenvalue weighted by Crippen LogP contribution is -2.52. The summed E-state index contributed by atoms with van der Waals surface area (Å²) >= 11 is 1.50. The molecular formula is C26H22F2N2SSi. The average molecular weight is 461 g/mol. The van der Waals surface area contributed by atoms with Crippen molar-refractivity contribution in [3.63, 3.8) is 0 Å². The Labute approximate surface area is 190 Å². The molecule has 32 heavy (non-hydrogen) atoms. The average Bonchev–Trinajstić information content (AvgIpc) is 3.06. The van der Waals surface area contributed by atoms with E-state index in [2.05, 4.69) is 36.8 Å². The molecule has 1 aliphatic rings. The first-order chi connectivity index (χ1) is 15.1. The van der Waals surface area contributed by atoms with E-state index in [0.29, 0.717) is 22.2 Å². The maximum atomic E-state index is 16.7. The highest BCUT2D eigenvalue weighted by Crippen LogP contribution is 2.42. The Bertz CT molecular complexity index is 1580. The van der Waals surface area contributed by atoms with Crippen molar-refractivity contribution in [3.05, 3.63) is 59.9 Å². The van der Waals surface area contributed by atoms with E-state index in [1.807, 2.05) is 37.3 Å². The highest BCUT2D eigenvalue weighted by atomic mass is 32.1. The number of benzene rings is 3. The van der Waals surface area contributed by atoms with Gasteiger partial charge in [0, 0.05) is 31.4 Å². The molecular weight excluding hydrogens is 438 g/mol. The van der Waals surface area contributed by atoms with Crippen LogP contribution >= 0.6 is 11.3 Å². The topological polar surface area (TPSA) is 25.8 Å². The van der Waals surface area contributed by atoms with E-state index >= 15 is 8.22 Å². The molecule has 0 amide bonds. The predicted octanol–water partition coefficient (Wildman–Crippen LogP) is 6.37. The fraction of sp³-hybridized carbons (Fsp3) is 0.231. The molecule has 0 N–H and O–H groups in total. The number of nitrogens with zero attached hydrogens (tertiary/aromatic N) is 2. The van der Waals surface area contributed by atoms with Gasteiger partial charge in [-0.1, -0.05) is 51.1 Å². The quantitative estimate of drug-likeness (QED) is 0.215. The zero-order valence-electron chi connectivity index (χ0n) is 18.4. The molecule has 160 valence electrons. The molecule has 0 saturated heterocycles. The lowest BCUT2D eigenvalue weighted by atomic mass is 9.88. The fourth-order valence-electron chi connectivity index (χ4n) is 5.21. The Morgan fingerprint density at radius 2 is 1.78 bits per heavy atom. The van der Waals surface area contributed by atoms with Gasteiger partial charge in [0.05, 0.1) is 5.69 Å². The maximum Gasteiger partial charge on any atom is 0.489 e. The minimum atomic E-state index is -5.03. The Morgan fingerprint density at radius 1 is 1.00 bits per heavy atom. The van der Waals surface area contributed by atoms with Crippen molar-refractivity contribution in [1.82, 2.24) is 9.97 Å². The van der Waals surface area contributed by atoms with Crippen LogP contribution in [0.3, 0.4) is 0 Å². The largest absolute Gasteiger partial charge is 0.489 e. The highest BCUT2D eigenvalue weighted by molar-refractivity contribution is 7.26. The lowest BCUT2D eigenvalue weighted by molar-refractivity contribution is 0.411. The molecule has 5 aromatic rings. The van der Waals surface area contributed by atoms with Gasteiger partial charge >= 0.3 is 8.74 Å². The number of aromatic nitrogens is 2. The normalized spacial score (nSPS) is 14.9. The highest BCUT2D eigenvalue weighted by Gasteiger charge is 2.48. The van der Waals surface area contributed by atoms with Crippen molar-refractivity contribution in [2.24, 2.45) is 5.41 Å². The van der Waals surface area contributed by atoms with Crippen LogP contribution in [-0.2, 0) is 6.42 Å². The molecule has 0 spiro atoms. The SMILES string of the molecule is Cc1c2c(cc3ccccc13)-c1ncnc3sc4cc(CC(C)(C)C)cc(c4c13)[Si]2(F)F. The number of aryl methyl sites for hydroxylation is 1. The maximum absolute atomic E-state index is 16.7. The van der Waals surface area contributed by atoms with Gasteiger partial charge in [0.1, 0.15) is 11.2 Å². The van der Waals surface area contributed by atoms with Gasteiger partial charge in [-0.05, 0) is 52.8 Å². The molecule has 0 radical (unpaired) electrons. The Hall–Kier alpha value is -2.70. The van der Waals surface area contributed by atoms with Gasteiger partial charge < -0.3 is 0 Å². The predicted molar refractivity (Wildman–Crippen MR) is 133 cm³/mol. The van der Waals surface area contributed by atoms with E-state index < -0.39 is 8.74 Å². The van der Waals surface area contributed by atoms with Crippen molar-refractivity contribution in [2.45, 2.75) is 34.1 Å². The van der Waals surface area contributed by atoms with E-state index in [-0.39, 0.29) is 15.8 Å². The molecule has 0 bridgehead atoms. The fourth-order valence-corrected chi connectivity index (χ4v) is 8.78. The summed E-state index contributed by atoms with van der Waals surface area (Å²) in [6.07, 6.45) is 2.26. The van der Waals surface area contributed by atoms with Crippen molar-refractivity contribution < 1.29 is 8.22 Å². The summed E-state index contributed by atoms with van der Waals surface area (Å²) in [6.45, 7) is 8.27. The van der Waals surface area contributed by atoms with Crippen LogP contribution in [0.15, 0.2) is 48.8 Å². The van der Waals surface area contributed by atoms with Crippen LogP contribution in [0.2, 0.25) is 0 Å². The van der Waals surface area contributed by atoms with Gasteiger partial charge in [0.15, 0.2) is 0 Å². The standard InChI is InChI=1S/C26H22F2N2SSi/c1-14-17-8-6-5-7-16(17)11-18-23-22-21-19(31-25(22)30-13-29-23)9-15(12-26(2,3)4)10-20(21)32(27,28)24(14)18/h5-11,13H,12H2,1-4H3. The molecule has 6 rings (SSSR count). The zero-order chi connectivity index (χ0) is 22.4. The Kier molecular flexibility index (Phi) is 4.00. The summed E-state index contributed by atoms with van der Waals surface area (Å²) in [5.41, 5.74) is 2.85. The van der Waals surface area contributed by atoms with Crippen molar-refractivity contribution in [1.29, 1.82) is 0 Å². The van der Waals surface area contributed by atoms with Crippen molar-refractivity contribution >= 4 is 61.5 Å². The molecule has 1 aliphatic heterocycles. The lowest BCUT2D eigenvalue weighted by Gasteiger charge is -2.22. The number of fused-ring (bicyclic) bond motifs is 3. The number of hydrogen-bond acceptors (Lipinski definition) is 3. The van der Waals surface area contributed by atoms with E-state index in [0.717, 1.165) is 37.7 Å². The number of hydrogen-bond donors (Lipinski definition) is 0. The molecule has 0 aliphatic carbocycles. The molecule has 0 unspecified atom stereocenters. The molecule has 2 aromatic heterocycles. The minimum absolute atomic E-state index is 0.00758. The third-order valence-corrected chi connectivity index (χ3v) is 9.77. The summed E-state index contributed by atoms with van der Waals surface area (Å²) in [4.78, 5) is 9.84. The minimum Gasteiger partial charge on any atom is -0.259 e. The first kappa shape index (κ1) is 19.9. The van der Waals surface area contributed by atoms with Crippen LogP contribution in [0.25, 0.3) is 42.3 Å². The zero-order valence-corrected chi connectivity index (χ0v) is 20.2. The van der Waals surface area contributed by atoms with E-state index in [4.69, 9.17) is 0 Å². The summed E-state index contributed by atoms with van der Waals surface area (Å²) in [6, 6.07) is 13.6. The van der Waals surface area contributed by atoms with Crippen LogP contribution in [0.1, 0.15) is 31.9 Å². The van der Waals surface area contributed by atoms with E-state index in [1.54, 1.807) is 6.07 Å². The number of halogens is 2. The number of rotatable bonds is 1. The van der Waals surface area contributed by atoms with Crippen LogP contribution in [0.4, 0.5) is 8.22 Å². The van der Waals surface area contributed by atoms with Crippen LogP contribution in [-0.4, -0.2) is 18.7 Å². The summed E-state index contributed by atoms with van der Waals surface area (Å²) < 4.78 is 34.3. The van der Waals surface area contributed by atoms with E-state index in [9.17, 15) is 0 Å². The summed E-state index contributed by atoms with van der Waals surface area (Å²) in [5, 5.41) is 3.71. The van der Waals surface area contributed by atoms with Crippen molar-refractivity contribution in [3.8, 4) is 11.3 Å². The summed E-state index contributed by atoms with van der Waals surface area (Å²) in [7, 11) is -5.03. The van der Waals surface area contributed by atoms with Gasteiger partial charge in [-0.2, -0.15) is 0 Å². The van der Waals surface area contributed by atoms with E-state index in [1.165, 1.54) is 17.7 Å². The van der Waals surface area contributed by atoms with Gasteiger partial charge in [-0.3, -0.25) is 8.22 Å². The second-order valence-corrected chi connectivity index (χ2v) is 13.2. The Balaban J connectivity index is 1.82. The van der Waals surface area contributed by atoms with Crippen LogP contribution < -0.4 is 10.4 Å². The van der Waals surface area contributed by atoms with Crippen LogP contribution in [0, 0.1) is 12.3 Å². The molecule has 0 fully saturated rings. The van der Waals surface area contributed by atoms with Gasteiger partial charge in [0.2, 0.25) is 0 Å². The Morgan fingerprint density at radius 3 is 2.56 bits per heavy atom. The first-order valence-corrected chi connectivity index (χ1v) is 13.3. The second-order valence-electron chi connectivity index (χ2n) is 9.98. The molecule has 2 nitrogen and oxygen atoms in total.